The summed E-state index contributed by atoms with van der Waals surface area (Å²) in [4.78, 5) is 0.116. The lowest BCUT2D eigenvalue weighted by Crippen LogP contribution is -2.39. The summed E-state index contributed by atoms with van der Waals surface area (Å²) >= 11 is 0. The van der Waals surface area contributed by atoms with Crippen molar-refractivity contribution in [2.24, 2.45) is 11.7 Å². The molecule has 1 saturated carbocycles. The zero-order valence-electron chi connectivity index (χ0n) is 12.5. The molecule has 21 heavy (non-hydrogen) atoms. The van der Waals surface area contributed by atoms with Gasteiger partial charge in [-0.15, -0.1) is 0 Å². The number of rotatable bonds is 4. The summed E-state index contributed by atoms with van der Waals surface area (Å²) in [5.41, 5.74) is 5.68. The van der Waals surface area contributed by atoms with Crippen molar-refractivity contribution in [2.75, 3.05) is 7.05 Å². The van der Waals surface area contributed by atoms with Gasteiger partial charge in [0.05, 0.1) is 4.90 Å². The Morgan fingerprint density at radius 3 is 2.71 bits per heavy atom. The molecule has 1 aliphatic carbocycles. The van der Waals surface area contributed by atoms with Crippen LogP contribution >= 0.6 is 0 Å². The monoisotopic (exact) mass is 314 g/mol. The van der Waals surface area contributed by atoms with E-state index in [0.717, 1.165) is 25.7 Å². The molecule has 4 nitrogen and oxygen atoms in total. The number of benzene rings is 1. The maximum atomic E-state index is 13.5. The highest BCUT2D eigenvalue weighted by atomic mass is 32.2. The molecule has 1 aliphatic rings. The first-order chi connectivity index (χ1) is 9.86. The molecule has 0 aromatic heterocycles. The molecule has 6 heteroatoms. The van der Waals surface area contributed by atoms with E-state index in [1.165, 1.54) is 22.5 Å². The Balaban J connectivity index is 2.28. The molecular formula is C15H23FN2O2S. The summed E-state index contributed by atoms with van der Waals surface area (Å²) in [5, 5.41) is 0. The van der Waals surface area contributed by atoms with E-state index in [-0.39, 0.29) is 23.0 Å². The zero-order chi connectivity index (χ0) is 15.6. The SMILES string of the molecule is CC1CCCC(N(C)S(=O)(=O)c2ccc(F)c(CN)c2)C1. The largest absolute Gasteiger partial charge is 0.326 e. The van der Waals surface area contributed by atoms with E-state index < -0.39 is 15.8 Å². The normalized spacial score (nSPS) is 23.5. The zero-order valence-corrected chi connectivity index (χ0v) is 13.4. The van der Waals surface area contributed by atoms with Crippen molar-refractivity contribution in [1.82, 2.24) is 4.31 Å². The smallest absolute Gasteiger partial charge is 0.243 e. The first-order valence-electron chi connectivity index (χ1n) is 7.32. The van der Waals surface area contributed by atoms with E-state index in [1.54, 1.807) is 7.05 Å². The van der Waals surface area contributed by atoms with Crippen LogP contribution < -0.4 is 5.73 Å². The maximum Gasteiger partial charge on any atom is 0.243 e. The standard InChI is InChI=1S/C15H23FN2O2S/c1-11-4-3-5-13(8-11)18(2)21(19,20)14-6-7-15(16)12(9-14)10-17/h6-7,9,11,13H,3-5,8,10,17H2,1-2H3. The van der Waals surface area contributed by atoms with Crippen molar-refractivity contribution in [3.05, 3.63) is 29.6 Å². The van der Waals surface area contributed by atoms with Crippen LogP contribution in [0.2, 0.25) is 0 Å². The van der Waals surface area contributed by atoms with Crippen molar-refractivity contribution >= 4 is 10.0 Å². The molecule has 0 bridgehead atoms. The quantitative estimate of drug-likeness (QED) is 0.928. The molecule has 2 unspecified atom stereocenters. The van der Waals surface area contributed by atoms with Crippen molar-refractivity contribution in [3.8, 4) is 0 Å². The van der Waals surface area contributed by atoms with E-state index >= 15 is 0 Å². The van der Waals surface area contributed by atoms with Gasteiger partial charge in [0.2, 0.25) is 10.0 Å². The van der Waals surface area contributed by atoms with Gasteiger partial charge in [0, 0.05) is 25.2 Å². The van der Waals surface area contributed by atoms with Crippen LogP contribution in [0.1, 0.15) is 38.2 Å². The van der Waals surface area contributed by atoms with Gasteiger partial charge in [-0.1, -0.05) is 19.8 Å². The van der Waals surface area contributed by atoms with Gasteiger partial charge in [-0.2, -0.15) is 4.31 Å². The summed E-state index contributed by atoms with van der Waals surface area (Å²) in [7, 11) is -1.99. The van der Waals surface area contributed by atoms with Gasteiger partial charge in [-0.05, 0) is 37.0 Å². The second-order valence-electron chi connectivity index (χ2n) is 5.90. The Hall–Kier alpha value is -0.980. The van der Waals surface area contributed by atoms with Crippen LogP contribution in [0.15, 0.2) is 23.1 Å². The molecule has 0 radical (unpaired) electrons. The Morgan fingerprint density at radius 2 is 2.10 bits per heavy atom. The molecule has 2 N–H and O–H groups in total. The lowest BCUT2D eigenvalue weighted by molar-refractivity contribution is 0.239. The van der Waals surface area contributed by atoms with Gasteiger partial charge in [0.1, 0.15) is 5.82 Å². The number of halogens is 1. The number of hydrogen-bond acceptors (Lipinski definition) is 3. The average molecular weight is 314 g/mol. The molecule has 0 spiro atoms. The number of sulfonamides is 1. The summed E-state index contributed by atoms with van der Waals surface area (Å²) in [5.74, 6) is 0.0691. The fraction of sp³-hybridized carbons (Fsp3) is 0.600. The topological polar surface area (TPSA) is 63.4 Å². The highest BCUT2D eigenvalue weighted by Gasteiger charge is 2.31. The summed E-state index contributed by atoms with van der Waals surface area (Å²) in [6.07, 6.45) is 3.95. The van der Waals surface area contributed by atoms with Crippen LogP contribution in [0.25, 0.3) is 0 Å². The Morgan fingerprint density at radius 1 is 1.38 bits per heavy atom. The molecule has 0 aliphatic heterocycles. The molecule has 118 valence electrons. The van der Waals surface area contributed by atoms with Gasteiger partial charge in [0.25, 0.3) is 0 Å². The van der Waals surface area contributed by atoms with Crippen molar-refractivity contribution in [2.45, 2.75) is 50.1 Å². The summed E-state index contributed by atoms with van der Waals surface area (Å²) in [6, 6.07) is 3.84. The van der Waals surface area contributed by atoms with E-state index in [2.05, 4.69) is 6.92 Å². The maximum absolute atomic E-state index is 13.5. The van der Waals surface area contributed by atoms with Crippen LogP contribution in [-0.2, 0) is 16.6 Å². The van der Waals surface area contributed by atoms with Crippen molar-refractivity contribution < 1.29 is 12.8 Å². The van der Waals surface area contributed by atoms with Crippen LogP contribution in [0.5, 0.6) is 0 Å². The van der Waals surface area contributed by atoms with Gasteiger partial charge in [-0.3, -0.25) is 0 Å². The van der Waals surface area contributed by atoms with Gasteiger partial charge in [0.15, 0.2) is 0 Å². The van der Waals surface area contributed by atoms with Crippen molar-refractivity contribution in [3.63, 3.8) is 0 Å². The summed E-state index contributed by atoms with van der Waals surface area (Å²) < 4.78 is 40.3. The van der Waals surface area contributed by atoms with Crippen molar-refractivity contribution in [1.29, 1.82) is 0 Å². The first-order valence-corrected chi connectivity index (χ1v) is 8.76. The molecule has 0 heterocycles. The Bertz CT molecular complexity index is 604. The predicted molar refractivity (Wildman–Crippen MR) is 80.7 cm³/mol. The summed E-state index contributed by atoms with van der Waals surface area (Å²) in [6.45, 7) is 2.14. The molecule has 1 aromatic carbocycles. The number of nitrogens with zero attached hydrogens (tertiary/aromatic N) is 1. The third-order valence-corrected chi connectivity index (χ3v) is 6.24. The van der Waals surface area contributed by atoms with Crippen LogP contribution in [0.4, 0.5) is 4.39 Å². The van der Waals surface area contributed by atoms with Crippen LogP contribution in [0.3, 0.4) is 0 Å². The minimum atomic E-state index is -3.60. The lowest BCUT2D eigenvalue weighted by atomic mass is 9.87. The number of hydrogen-bond donors (Lipinski definition) is 1. The molecule has 1 fully saturated rings. The van der Waals surface area contributed by atoms with Crippen LogP contribution in [0, 0.1) is 11.7 Å². The number of nitrogens with two attached hydrogens (primary N) is 1. The molecule has 2 atom stereocenters. The second kappa shape index (κ2) is 6.42. The van der Waals surface area contributed by atoms with Gasteiger partial charge in [-0.25, -0.2) is 12.8 Å². The molecule has 2 rings (SSSR count). The fourth-order valence-electron chi connectivity index (χ4n) is 2.96. The fourth-order valence-corrected chi connectivity index (χ4v) is 4.41. The predicted octanol–water partition coefficient (Wildman–Crippen LogP) is 2.48. The van der Waals surface area contributed by atoms with E-state index in [9.17, 15) is 12.8 Å². The lowest BCUT2D eigenvalue weighted by Gasteiger charge is -2.33. The highest BCUT2D eigenvalue weighted by molar-refractivity contribution is 7.89. The van der Waals surface area contributed by atoms with Crippen LogP contribution in [-0.4, -0.2) is 25.8 Å². The third-order valence-electron chi connectivity index (χ3n) is 4.34. The Kier molecular flexibility index (Phi) is 5.01. The van der Waals surface area contributed by atoms with E-state index in [0.29, 0.717) is 5.92 Å². The van der Waals surface area contributed by atoms with Gasteiger partial charge >= 0.3 is 0 Å². The highest BCUT2D eigenvalue weighted by Crippen LogP contribution is 2.30. The second-order valence-corrected chi connectivity index (χ2v) is 7.90. The molecule has 1 aromatic rings. The molecule has 0 saturated heterocycles. The minimum Gasteiger partial charge on any atom is -0.326 e. The Labute approximate surface area is 126 Å². The molecular weight excluding hydrogens is 291 g/mol. The van der Waals surface area contributed by atoms with E-state index in [4.69, 9.17) is 5.73 Å². The van der Waals surface area contributed by atoms with E-state index in [1.807, 2.05) is 0 Å². The first kappa shape index (κ1) is 16.4. The van der Waals surface area contributed by atoms with Gasteiger partial charge < -0.3 is 5.73 Å². The average Bonchev–Trinajstić information content (AvgIpc) is 2.46. The third kappa shape index (κ3) is 3.44. The molecule has 0 amide bonds. The minimum absolute atomic E-state index is 0.0145.